The number of hydrogen-bond acceptors (Lipinski definition) is 4. The molecule has 120 valence electrons. The molecule has 2 rings (SSSR count). The Labute approximate surface area is 125 Å². The Morgan fingerprint density at radius 1 is 0.957 bits per heavy atom. The summed E-state index contributed by atoms with van der Waals surface area (Å²) in [6, 6.07) is 5.25. The summed E-state index contributed by atoms with van der Waals surface area (Å²) in [6.07, 6.45) is 0.816. The molecule has 0 amide bonds. The SMILES string of the molecule is O=[N+]([O-])c1ccccc1/C=N/Nc1c(F)c(F)c(F)c(F)c1F. The van der Waals surface area contributed by atoms with Crippen LogP contribution in [0.2, 0.25) is 0 Å². The maximum absolute atomic E-state index is 13.4. The molecular weight excluding hydrogens is 325 g/mol. The Morgan fingerprint density at radius 2 is 1.48 bits per heavy atom. The number of nitro benzene ring substituents is 1. The molecule has 2 aromatic rings. The minimum absolute atomic E-state index is 0.0335. The van der Waals surface area contributed by atoms with E-state index in [1.165, 1.54) is 18.2 Å². The number of anilines is 1. The van der Waals surface area contributed by atoms with Crippen molar-refractivity contribution < 1.29 is 26.9 Å². The van der Waals surface area contributed by atoms with E-state index in [9.17, 15) is 32.1 Å². The number of hydrazone groups is 1. The molecule has 0 bridgehead atoms. The van der Waals surface area contributed by atoms with Crippen molar-refractivity contribution in [1.82, 2.24) is 0 Å². The van der Waals surface area contributed by atoms with E-state index >= 15 is 0 Å². The summed E-state index contributed by atoms with van der Waals surface area (Å²) in [5.74, 6) is -10.8. The summed E-state index contributed by atoms with van der Waals surface area (Å²) in [4.78, 5) is 10.0. The van der Waals surface area contributed by atoms with Crippen LogP contribution in [0.1, 0.15) is 5.56 Å². The fourth-order valence-corrected chi connectivity index (χ4v) is 1.63. The number of hydrogen-bond donors (Lipinski definition) is 1. The Bertz CT molecular complexity index is 781. The summed E-state index contributed by atoms with van der Waals surface area (Å²) >= 11 is 0. The van der Waals surface area contributed by atoms with Gasteiger partial charge >= 0.3 is 0 Å². The van der Waals surface area contributed by atoms with Gasteiger partial charge in [-0.3, -0.25) is 15.5 Å². The predicted molar refractivity (Wildman–Crippen MR) is 70.5 cm³/mol. The monoisotopic (exact) mass is 331 g/mol. The molecule has 0 aromatic heterocycles. The molecule has 5 nitrogen and oxygen atoms in total. The largest absolute Gasteiger partial charge is 0.278 e. The lowest BCUT2D eigenvalue weighted by Gasteiger charge is -2.06. The smallest absolute Gasteiger partial charge is 0.272 e. The van der Waals surface area contributed by atoms with Gasteiger partial charge in [0, 0.05) is 6.07 Å². The number of para-hydroxylation sites is 1. The average Bonchev–Trinajstić information content (AvgIpc) is 2.54. The highest BCUT2D eigenvalue weighted by atomic mass is 19.2. The lowest BCUT2D eigenvalue weighted by molar-refractivity contribution is -0.385. The van der Waals surface area contributed by atoms with Gasteiger partial charge in [0.05, 0.1) is 16.7 Å². The summed E-state index contributed by atoms with van der Waals surface area (Å²) < 4.78 is 65.6. The zero-order chi connectivity index (χ0) is 17.1. The van der Waals surface area contributed by atoms with Crippen molar-refractivity contribution >= 4 is 17.6 Å². The zero-order valence-electron chi connectivity index (χ0n) is 11.0. The molecule has 0 saturated heterocycles. The Morgan fingerprint density at radius 3 is 2.04 bits per heavy atom. The van der Waals surface area contributed by atoms with Gasteiger partial charge in [0.15, 0.2) is 23.3 Å². The van der Waals surface area contributed by atoms with Crippen LogP contribution in [0.15, 0.2) is 29.4 Å². The normalized spacial score (nSPS) is 11.0. The van der Waals surface area contributed by atoms with Crippen LogP contribution < -0.4 is 5.43 Å². The molecule has 0 radical (unpaired) electrons. The first-order chi connectivity index (χ1) is 10.8. The maximum atomic E-state index is 13.4. The van der Waals surface area contributed by atoms with Crippen molar-refractivity contribution in [2.45, 2.75) is 0 Å². The number of nitrogens with one attached hydrogen (secondary N) is 1. The van der Waals surface area contributed by atoms with Crippen molar-refractivity contribution in [3.8, 4) is 0 Å². The fraction of sp³-hybridized carbons (Fsp3) is 0. The van der Waals surface area contributed by atoms with E-state index in [-0.39, 0.29) is 11.3 Å². The fourth-order valence-electron chi connectivity index (χ4n) is 1.63. The van der Waals surface area contributed by atoms with Crippen LogP contribution in [0.25, 0.3) is 0 Å². The second kappa shape index (κ2) is 6.38. The zero-order valence-corrected chi connectivity index (χ0v) is 11.0. The van der Waals surface area contributed by atoms with E-state index in [1.807, 2.05) is 0 Å². The van der Waals surface area contributed by atoms with Crippen LogP contribution in [0, 0.1) is 39.2 Å². The molecule has 0 unspecified atom stereocenters. The molecule has 10 heteroatoms. The van der Waals surface area contributed by atoms with Gasteiger partial charge in [-0.2, -0.15) is 5.10 Å². The lowest BCUT2D eigenvalue weighted by atomic mass is 10.2. The summed E-state index contributed by atoms with van der Waals surface area (Å²) in [5, 5.41) is 14.0. The van der Waals surface area contributed by atoms with Crippen LogP contribution in [0.5, 0.6) is 0 Å². The van der Waals surface area contributed by atoms with Gasteiger partial charge in [0.25, 0.3) is 5.69 Å². The molecule has 2 aromatic carbocycles. The summed E-state index contributed by atoms with van der Waals surface area (Å²) in [6.45, 7) is 0. The second-order valence-corrected chi connectivity index (χ2v) is 4.13. The standard InChI is InChI=1S/C13H6F5N3O2/c14-8-9(15)11(17)13(12(18)10(8)16)20-19-5-6-3-1-2-4-7(6)21(22)23/h1-5,20H/b19-5+. The number of nitro groups is 1. The highest BCUT2D eigenvalue weighted by Gasteiger charge is 2.25. The maximum Gasteiger partial charge on any atom is 0.278 e. The Kier molecular flexibility index (Phi) is 4.53. The van der Waals surface area contributed by atoms with Gasteiger partial charge in [-0.15, -0.1) is 0 Å². The van der Waals surface area contributed by atoms with Gasteiger partial charge in [-0.05, 0) is 6.07 Å². The Hall–Kier alpha value is -3.04. The number of halogens is 5. The molecule has 0 aliphatic carbocycles. The minimum Gasteiger partial charge on any atom is -0.272 e. The van der Waals surface area contributed by atoms with Gasteiger partial charge in [-0.25, -0.2) is 22.0 Å². The molecule has 0 heterocycles. The second-order valence-electron chi connectivity index (χ2n) is 4.13. The van der Waals surface area contributed by atoms with Gasteiger partial charge in [0.1, 0.15) is 5.69 Å². The third-order valence-corrected chi connectivity index (χ3v) is 2.72. The van der Waals surface area contributed by atoms with E-state index in [0.717, 1.165) is 12.3 Å². The van der Waals surface area contributed by atoms with Gasteiger partial charge in [-0.1, -0.05) is 12.1 Å². The molecule has 23 heavy (non-hydrogen) atoms. The minimum atomic E-state index is -2.30. The first-order valence-electron chi connectivity index (χ1n) is 5.88. The number of nitrogens with zero attached hydrogens (tertiary/aromatic N) is 2. The van der Waals surface area contributed by atoms with Crippen molar-refractivity contribution in [3.05, 3.63) is 69.0 Å². The van der Waals surface area contributed by atoms with Crippen LogP contribution in [-0.2, 0) is 0 Å². The number of benzene rings is 2. The Balaban J connectivity index is 2.34. The molecule has 0 aliphatic rings. The van der Waals surface area contributed by atoms with E-state index in [1.54, 1.807) is 5.43 Å². The highest BCUT2D eigenvalue weighted by Crippen LogP contribution is 2.27. The van der Waals surface area contributed by atoms with Crippen molar-refractivity contribution in [3.63, 3.8) is 0 Å². The van der Waals surface area contributed by atoms with Crippen LogP contribution in [-0.4, -0.2) is 11.1 Å². The molecule has 0 saturated carbocycles. The lowest BCUT2D eigenvalue weighted by Crippen LogP contribution is -2.06. The first-order valence-corrected chi connectivity index (χ1v) is 5.88. The quantitative estimate of drug-likeness (QED) is 0.232. The highest BCUT2D eigenvalue weighted by molar-refractivity contribution is 5.85. The van der Waals surface area contributed by atoms with Gasteiger partial charge < -0.3 is 0 Å². The number of rotatable bonds is 4. The molecule has 1 N–H and O–H groups in total. The van der Waals surface area contributed by atoms with E-state index in [4.69, 9.17) is 0 Å². The average molecular weight is 331 g/mol. The molecule has 0 fully saturated rings. The van der Waals surface area contributed by atoms with Crippen molar-refractivity contribution in [1.29, 1.82) is 0 Å². The molecule has 0 atom stereocenters. The topological polar surface area (TPSA) is 67.5 Å². The van der Waals surface area contributed by atoms with Crippen molar-refractivity contribution in [2.75, 3.05) is 5.43 Å². The van der Waals surface area contributed by atoms with Crippen LogP contribution >= 0.6 is 0 Å². The van der Waals surface area contributed by atoms with Crippen LogP contribution in [0.3, 0.4) is 0 Å². The first kappa shape index (κ1) is 16.3. The third-order valence-electron chi connectivity index (χ3n) is 2.72. The summed E-state index contributed by atoms with van der Waals surface area (Å²) in [5.41, 5.74) is -0.0946. The van der Waals surface area contributed by atoms with E-state index < -0.39 is 39.7 Å². The molecule has 0 spiro atoms. The van der Waals surface area contributed by atoms with Crippen molar-refractivity contribution in [2.24, 2.45) is 5.10 Å². The molecular formula is C13H6F5N3O2. The predicted octanol–water partition coefficient (Wildman–Crippen LogP) is 3.74. The molecule has 0 aliphatic heterocycles. The van der Waals surface area contributed by atoms with E-state index in [0.29, 0.717) is 0 Å². The summed E-state index contributed by atoms with van der Waals surface area (Å²) in [7, 11) is 0. The van der Waals surface area contributed by atoms with Gasteiger partial charge in [0.2, 0.25) is 5.82 Å². The van der Waals surface area contributed by atoms with Crippen LogP contribution in [0.4, 0.5) is 33.3 Å². The van der Waals surface area contributed by atoms with E-state index in [2.05, 4.69) is 5.10 Å². The third kappa shape index (κ3) is 3.10.